The van der Waals surface area contributed by atoms with Crippen molar-refractivity contribution in [2.24, 2.45) is 16.8 Å². The molecule has 0 aromatic heterocycles. The molecule has 0 saturated carbocycles. The van der Waals surface area contributed by atoms with E-state index in [4.69, 9.17) is 20.8 Å². The lowest BCUT2D eigenvalue weighted by Crippen LogP contribution is -2.18. The van der Waals surface area contributed by atoms with Crippen LogP contribution in [0, 0.1) is 5.92 Å². The van der Waals surface area contributed by atoms with Gasteiger partial charge in [-0.15, -0.1) is 0 Å². The fraction of sp³-hybridized carbons (Fsp3) is 0.533. The first-order valence-corrected chi connectivity index (χ1v) is 7.08. The van der Waals surface area contributed by atoms with E-state index in [0.717, 1.165) is 24.9 Å². The minimum atomic E-state index is 0.0328. The molecule has 0 radical (unpaired) electrons. The number of ether oxygens (including phenoxy) is 1. The van der Waals surface area contributed by atoms with E-state index in [0.29, 0.717) is 23.8 Å². The molecule has 0 amide bonds. The van der Waals surface area contributed by atoms with Crippen LogP contribution in [0.25, 0.3) is 0 Å². The number of hydrogen-bond acceptors (Lipinski definition) is 5. The summed E-state index contributed by atoms with van der Waals surface area (Å²) in [5.41, 5.74) is 7.25. The molecule has 0 aliphatic heterocycles. The van der Waals surface area contributed by atoms with Crippen molar-refractivity contribution in [3.63, 3.8) is 0 Å². The van der Waals surface area contributed by atoms with Gasteiger partial charge in [0.15, 0.2) is 5.84 Å². The summed E-state index contributed by atoms with van der Waals surface area (Å²) in [6, 6.07) is 5.59. The standard InChI is InChI=1S/C15H25N3O3/c1-11(10-19)4-3-7-17-9-12-5-6-14(21-2)13(8-12)15(16)18-20/h5-6,8,11,17,19-20H,3-4,7,9-10H2,1-2H3,(H2,16,18). The molecule has 1 aromatic carbocycles. The number of nitrogens with one attached hydrogen (secondary N) is 1. The highest BCUT2D eigenvalue weighted by atomic mass is 16.5. The Morgan fingerprint density at radius 2 is 2.24 bits per heavy atom. The van der Waals surface area contributed by atoms with Gasteiger partial charge in [0.25, 0.3) is 0 Å². The van der Waals surface area contributed by atoms with Crippen molar-refractivity contribution in [3.8, 4) is 5.75 Å². The van der Waals surface area contributed by atoms with Gasteiger partial charge < -0.3 is 26.1 Å². The molecule has 1 rings (SSSR count). The highest BCUT2D eigenvalue weighted by Gasteiger charge is 2.08. The van der Waals surface area contributed by atoms with Gasteiger partial charge in [-0.25, -0.2) is 0 Å². The molecular formula is C15H25N3O3. The number of nitrogens with zero attached hydrogens (tertiary/aromatic N) is 1. The Hall–Kier alpha value is -1.79. The van der Waals surface area contributed by atoms with E-state index >= 15 is 0 Å². The smallest absolute Gasteiger partial charge is 0.173 e. The van der Waals surface area contributed by atoms with Crippen LogP contribution in [-0.2, 0) is 6.54 Å². The Balaban J connectivity index is 2.53. The lowest BCUT2D eigenvalue weighted by Gasteiger charge is -2.11. The van der Waals surface area contributed by atoms with Crippen molar-refractivity contribution in [1.29, 1.82) is 0 Å². The molecule has 0 bridgehead atoms. The topological polar surface area (TPSA) is 100 Å². The summed E-state index contributed by atoms with van der Waals surface area (Å²) in [7, 11) is 1.55. The van der Waals surface area contributed by atoms with Crippen LogP contribution in [-0.4, -0.2) is 36.4 Å². The first-order valence-electron chi connectivity index (χ1n) is 7.08. The number of nitrogens with two attached hydrogens (primary N) is 1. The Labute approximate surface area is 125 Å². The molecule has 1 atom stereocenters. The van der Waals surface area contributed by atoms with Crippen molar-refractivity contribution >= 4 is 5.84 Å². The van der Waals surface area contributed by atoms with Crippen LogP contribution in [0.2, 0.25) is 0 Å². The fourth-order valence-corrected chi connectivity index (χ4v) is 2.02. The maximum Gasteiger partial charge on any atom is 0.173 e. The number of benzene rings is 1. The maximum absolute atomic E-state index is 8.95. The van der Waals surface area contributed by atoms with Gasteiger partial charge in [0.2, 0.25) is 0 Å². The molecule has 0 aliphatic rings. The van der Waals surface area contributed by atoms with E-state index in [1.165, 1.54) is 0 Å². The van der Waals surface area contributed by atoms with Crippen molar-refractivity contribution in [2.45, 2.75) is 26.3 Å². The Morgan fingerprint density at radius 3 is 2.86 bits per heavy atom. The quantitative estimate of drug-likeness (QED) is 0.181. The zero-order valence-corrected chi connectivity index (χ0v) is 12.7. The second kappa shape index (κ2) is 9.20. The summed E-state index contributed by atoms with van der Waals surface area (Å²) in [6.45, 7) is 3.85. The minimum Gasteiger partial charge on any atom is -0.496 e. The summed E-state index contributed by atoms with van der Waals surface area (Å²) < 4.78 is 5.19. The van der Waals surface area contributed by atoms with Gasteiger partial charge in [0.05, 0.1) is 12.7 Å². The second-order valence-electron chi connectivity index (χ2n) is 5.13. The third-order valence-corrected chi connectivity index (χ3v) is 3.34. The van der Waals surface area contributed by atoms with Crippen LogP contribution in [0.4, 0.5) is 0 Å². The Bertz CT molecular complexity index is 463. The van der Waals surface area contributed by atoms with E-state index in [-0.39, 0.29) is 12.4 Å². The van der Waals surface area contributed by atoms with Crippen LogP contribution < -0.4 is 15.8 Å². The number of aliphatic hydroxyl groups is 1. The predicted molar refractivity (Wildman–Crippen MR) is 82.7 cm³/mol. The van der Waals surface area contributed by atoms with Crippen molar-refractivity contribution < 1.29 is 15.1 Å². The number of amidine groups is 1. The first-order chi connectivity index (χ1) is 10.1. The molecule has 0 aliphatic carbocycles. The normalized spacial score (nSPS) is 13.2. The first kappa shape index (κ1) is 17.3. The van der Waals surface area contributed by atoms with Gasteiger partial charge in [0, 0.05) is 13.2 Å². The van der Waals surface area contributed by atoms with Crippen molar-refractivity contribution in [1.82, 2.24) is 5.32 Å². The number of rotatable bonds is 9. The zero-order chi connectivity index (χ0) is 15.7. The van der Waals surface area contributed by atoms with Crippen LogP contribution >= 0.6 is 0 Å². The molecule has 1 unspecified atom stereocenters. The molecule has 6 heteroatoms. The lowest BCUT2D eigenvalue weighted by molar-refractivity contribution is 0.228. The lowest BCUT2D eigenvalue weighted by atomic mass is 10.1. The van der Waals surface area contributed by atoms with Crippen molar-refractivity contribution in [2.75, 3.05) is 20.3 Å². The van der Waals surface area contributed by atoms with Gasteiger partial charge >= 0.3 is 0 Å². The average molecular weight is 295 g/mol. The molecular weight excluding hydrogens is 270 g/mol. The van der Waals surface area contributed by atoms with E-state index in [1.54, 1.807) is 13.2 Å². The monoisotopic (exact) mass is 295 g/mol. The molecule has 1 aromatic rings. The SMILES string of the molecule is COc1ccc(CNCCCC(C)CO)cc1/C(N)=N/O. The minimum absolute atomic E-state index is 0.0328. The summed E-state index contributed by atoms with van der Waals surface area (Å²) in [6.07, 6.45) is 2.02. The van der Waals surface area contributed by atoms with E-state index < -0.39 is 0 Å². The average Bonchev–Trinajstić information content (AvgIpc) is 2.53. The molecule has 0 heterocycles. The largest absolute Gasteiger partial charge is 0.496 e. The highest BCUT2D eigenvalue weighted by Crippen LogP contribution is 2.19. The van der Waals surface area contributed by atoms with E-state index in [2.05, 4.69) is 10.5 Å². The number of hydrogen-bond donors (Lipinski definition) is 4. The van der Waals surface area contributed by atoms with Crippen LogP contribution in [0.1, 0.15) is 30.9 Å². The van der Waals surface area contributed by atoms with Gasteiger partial charge in [-0.2, -0.15) is 0 Å². The number of oxime groups is 1. The fourth-order valence-electron chi connectivity index (χ4n) is 2.02. The van der Waals surface area contributed by atoms with Gasteiger partial charge in [-0.1, -0.05) is 18.1 Å². The Morgan fingerprint density at radius 1 is 1.48 bits per heavy atom. The maximum atomic E-state index is 8.95. The molecule has 21 heavy (non-hydrogen) atoms. The molecule has 5 N–H and O–H groups in total. The van der Waals surface area contributed by atoms with E-state index in [1.807, 2.05) is 19.1 Å². The highest BCUT2D eigenvalue weighted by molar-refractivity contribution is 5.99. The molecule has 0 spiro atoms. The number of methoxy groups -OCH3 is 1. The third-order valence-electron chi connectivity index (χ3n) is 3.34. The summed E-state index contributed by atoms with van der Waals surface area (Å²) in [5, 5.41) is 24.1. The summed E-state index contributed by atoms with van der Waals surface area (Å²) in [4.78, 5) is 0. The van der Waals surface area contributed by atoms with Gasteiger partial charge in [-0.05, 0) is 43.0 Å². The summed E-state index contributed by atoms with van der Waals surface area (Å²) in [5.74, 6) is 0.955. The number of aliphatic hydroxyl groups excluding tert-OH is 1. The Kier molecular flexibility index (Phi) is 7.56. The second-order valence-corrected chi connectivity index (χ2v) is 5.13. The zero-order valence-electron chi connectivity index (χ0n) is 12.7. The third kappa shape index (κ3) is 5.61. The van der Waals surface area contributed by atoms with E-state index in [9.17, 15) is 0 Å². The van der Waals surface area contributed by atoms with Crippen molar-refractivity contribution in [3.05, 3.63) is 29.3 Å². The van der Waals surface area contributed by atoms with Crippen LogP contribution in [0.15, 0.2) is 23.4 Å². The molecule has 6 nitrogen and oxygen atoms in total. The molecule has 0 saturated heterocycles. The predicted octanol–water partition coefficient (Wildman–Crippen LogP) is 1.29. The van der Waals surface area contributed by atoms with Gasteiger partial charge in [-0.3, -0.25) is 0 Å². The van der Waals surface area contributed by atoms with Gasteiger partial charge in [0.1, 0.15) is 5.75 Å². The summed E-state index contributed by atoms with van der Waals surface area (Å²) >= 11 is 0. The van der Waals surface area contributed by atoms with Crippen LogP contribution in [0.5, 0.6) is 5.75 Å². The van der Waals surface area contributed by atoms with Crippen LogP contribution in [0.3, 0.4) is 0 Å². The molecule has 118 valence electrons. The molecule has 0 fully saturated rings.